The van der Waals surface area contributed by atoms with Crippen molar-refractivity contribution in [2.45, 2.75) is 0 Å². The van der Waals surface area contributed by atoms with Gasteiger partial charge in [-0.1, -0.05) is 54.6 Å². The summed E-state index contributed by atoms with van der Waals surface area (Å²) in [5, 5.41) is 4.96. The van der Waals surface area contributed by atoms with Crippen molar-refractivity contribution in [3.8, 4) is 11.1 Å². The van der Waals surface area contributed by atoms with Crippen LogP contribution in [0.25, 0.3) is 23.3 Å². The summed E-state index contributed by atoms with van der Waals surface area (Å²) in [7, 11) is 0. The average molecular weight is 382 g/mol. The molecule has 0 saturated heterocycles. The molecule has 0 aliphatic rings. The van der Waals surface area contributed by atoms with E-state index < -0.39 is 0 Å². The minimum Gasteiger partial charge on any atom is -0.321 e. The molecule has 4 heteroatoms. The van der Waals surface area contributed by atoms with Crippen LogP contribution in [0.5, 0.6) is 0 Å². The zero-order chi connectivity index (χ0) is 19.2. The minimum absolute atomic E-state index is 0.0975. The molecule has 0 unspecified atom stereocenters. The van der Waals surface area contributed by atoms with E-state index in [0.29, 0.717) is 4.88 Å². The Bertz CT molecular complexity index is 1100. The first-order valence-electron chi connectivity index (χ1n) is 8.93. The van der Waals surface area contributed by atoms with E-state index in [4.69, 9.17) is 0 Å². The lowest BCUT2D eigenvalue weighted by Crippen LogP contribution is -2.11. The number of hydrogen-bond donors (Lipinski definition) is 1. The summed E-state index contributed by atoms with van der Waals surface area (Å²) in [6.07, 6.45) is 5.70. The molecule has 0 aliphatic heterocycles. The van der Waals surface area contributed by atoms with Gasteiger partial charge in [-0.25, -0.2) is 0 Å². The van der Waals surface area contributed by atoms with Gasteiger partial charge in [0.1, 0.15) is 0 Å². The molecule has 0 atom stereocenters. The number of carbonyl (C=O) groups is 1. The van der Waals surface area contributed by atoms with Gasteiger partial charge in [-0.2, -0.15) is 0 Å². The molecule has 28 heavy (non-hydrogen) atoms. The van der Waals surface area contributed by atoms with Gasteiger partial charge in [-0.05, 0) is 52.9 Å². The topological polar surface area (TPSA) is 42.0 Å². The maximum absolute atomic E-state index is 12.8. The standard InChI is InChI=1S/C24H18N2OS/c27-24(23-22(14-16-28-23)19-8-2-1-3-9-19)26-21-11-6-7-18(17-21)12-13-20-10-4-5-15-25-20/h1-17H,(H,26,27)/b13-12-. The number of benzene rings is 2. The number of carbonyl (C=O) groups excluding carboxylic acids is 1. The van der Waals surface area contributed by atoms with Crippen molar-refractivity contribution in [1.82, 2.24) is 4.98 Å². The Morgan fingerprint density at radius 3 is 2.57 bits per heavy atom. The molecule has 0 aliphatic carbocycles. The summed E-state index contributed by atoms with van der Waals surface area (Å²) in [6.45, 7) is 0. The maximum Gasteiger partial charge on any atom is 0.266 e. The molecule has 0 saturated carbocycles. The zero-order valence-corrected chi connectivity index (χ0v) is 15.9. The van der Waals surface area contributed by atoms with Gasteiger partial charge in [-0.3, -0.25) is 9.78 Å². The SMILES string of the molecule is O=C(Nc1cccc(/C=C\c2ccccn2)c1)c1sccc1-c1ccccc1. The highest BCUT2D eigenvalue weighted by molar-refractivity contribution is 7.12. The highest BCUT2D eigenvalue weighted by atomic mass is 32.1. The number of rotatable bonds is 5. The van der Waals surface area contributed by atoms with Crippen LogP contribution >= 0.6 is 11.3 Å². The molecule has 2 aromatic carbocycles. The van der Waals surface area contributed by atoms with Crippen LogP contribution in [0.15, 0.2) is 90.4 Å². The van der Waals surface area contributed by atoms with Crippen LogP contribution in [0, 0.1) is 0 Å². The second-order valence-electron chi connectivity index (χ2n) is 6.20. The van der Waals surface area contributed by atoms with Gasteiger partial charge in [0.2, 0.25) is 0 Å². The average Bonchev–Trinajstić information content (AvgIpc) is 3.24. The van der Waals surface area contributed by atoms with Crippen LogP contribution in [0.2, 0.25) is 0 Å². The van der Waals surface area contributed by atoms with Crippen LogP contribution in [0.3, 0.4) is 0 Å². The zero-order valence-electron chi connectivity index (χ0n) is 15.1. The van der Waals surface area contributed by atoms with E-state index in [1.807, 2.05) is 96.4 Å². The van der Waals surface area contributed by atoms with E-state index in [1.54, 1.807) is 6.20 Å². The molecule has 136 valence electrons. The Morgan fingerprint density at radius 2 is 1.75 bits per heavy atom. The predicted octanol–water partition coefficient (Wildman–Crippen LogP) is 6.23. The maximum atomic E-state index is 12.8. The molecule has 0 fully saturated rings. The second-order valence-corrected chi connectivity index (χ2v) is 7.11. The molecule has 1 N–H and O–H groups in total. The largest absolute Gasteiger partial charge is 0.321 e. The van der Waals surface area contributed by atoms with E-state index in [2.05, 4.69) is 10.3 Å². The molecule has 1 amide bonds. The highest BCUT2D eigenvalue weighted by Crippen LogP contribution is 2.29. The van der Waals surface area contributed by atoms with Gasteiger partial charge < -0.3 is 5.32 Å². The molecule has 3 nitrogen and oxygen atoms in total. The van der Waals surface area contributed by atoms with Gasteiger partial charge in [0, 0.05) is 17.4 Å². The summed E-state index contributed by atoms with van der Waals surface area (Å²) < 4.78 is 0. The highest BCUT2D eigenvalue weighted by Gasteiger charge is 2.14. The van der Waals surface area contributed by atoms with Crippen molar-refractivity contribution in [2.75, 3.05) is 5.32 Å². The molecule has 0 radical (unpaired) electrons. The number of amides is 1. The molecular weight excluding hydrogens is 364 g/mol. The number of aromatic nitrogens is 1. The number of anilines is 1. The van der Waals surface area contributed by atoms with E-state index >= 15 is 0 Å². The van der Waals surface area contributed by atoms with Crippen LogP contribution in [-0.4, -0.2) is 10.9 Å². The van der Waals surface area contributed by atoms with Crippen LogP contribution in [0.1, 0.15) is 20.9 Å². The fourth-order valence-corrected chi connectivity index (χ4v) is 3.71. The number of hydrogen-bond acceptors (Lipinski definition) is 3. The van der Waals surface area contributed by atoms with Crippen LogP contribution in [-0.2, 0) is 0 Å². The van der Waals surface area contributed by atoms with E-state index in [0.717, 1.165) is 28.1 Å². The lowest BCUT2D eigenvalue weighted by Gasteiger charge is -2.07. The monoisotopic (exact) mass is 382 g/mol. The Hall–Kier alpha value is -3.50. The first kappa shape index (κ1) is 17.9. The van der Waals surface area contributed by atoms with Gasteiger partial charge in [-0.15, -0.1) is 11.3 Å². The fraction of sp³-hybridized carbons (Fsp3) is 0. The fourth-order valence-electron chi connectivity index (χ4n) is 2.89. The normalized spacial score (nSPS) is 10.9. The molecular formula is C24H18N2OS. The summed E-state index contributed by atoms with van der Waals surface area (Å²) in [6, 6.07) is 25.5. The lowest BCUT2D eigenvalue weighted by molar-refractivity contribution is 0.103. The predicted molar refractivity (Wildman–Crippen MR) is 117 cm³/mol. The van der Waals surface area contributed by atoms with Gasteiger partial charge in [0.25, 0.3) is 5.91 Å². The number of nitrogens with one attached hydrogen (secondary N) is 1. The van der Waals surface area contributed by atoms with Gasteiger partial charge >= 0.3 is 0 Å². The first-order chi connectivity index (χ1) is 13.8. The van der Waals surface area contributed by atoms with Crippen LogP contribution < -0.4 is 5.32 Å². The van der Waals surface area contributed by atoms with Crippen molar-refractivity contribution >= 4 is 35.1 Å². The van der Waals surface area contributed by atoms with E-state index in [9.17, 15) is 4.79 Å². The second kappa shape index (κ2) is 8.46. The van der Waals surface area contributed by atoms with Crippen molar-refractivity contribution in [3.63, 3.8) is 0 Å². The summed E-state index contributed by atoms with van der Waals surface area (Å²) in [5.74, 6) is -0.0975. The minimum atomic E-state index is -0.0975. The Morgan fingerprint density at radius 1 is 0.893 bits per heavy atom. The van der Waals surface area contributed by atoms with Crippen molar-refractivity contribution in [3.05, 3.63) is 107 Å². The molecule has 2 heterocycles. The van der Waals surface area contributed by atoms with E-state index in [-0.39, 0.29) is 5.91 Å². The van der Waals surface area contributed by atoms with Gasteiger partial charge in [0.15, 0.2) is 0 Å². The molecule has 4 rings (SSSR count). The summed E-state index contributed by atoms with van der Waals surface area (Å²) >= 11 is 1.45. The van der Waals surface area contributed by atoms with Crippen molar-refractivity contribution in [1.29, 1.82) is 0 Å². The third-order valence-electron chi connectivity index (χ3n) is 4.24. The Balaban J connectivity index is 1.52. The molecule has 4 aromatic rings. The van der Waals surface area contributed by atoms with Crippen molar-refractivity contribution < 1.29 is 4.79 Å². The quantitative estimate of drug-likeness (QED) is 0.444. The molecule has 2 aromatic heterocycles. The third-order valence-corrected chi connectivity index (χ3v) is 5.15. The van der Waals surface area contributed by atoms with Gasteiger partial charge in [0.05, 0.1) is 10.6 Å². The third kappa shape index (κ3) is 4.24. The number of nitrogens with zero attached hydrogens (tertiary/aromatic N) is 1. The van der Waals surface area contributed by atoms with Crippen LogP contribution in [0.4, 0.5) is 5.69 Å². The summed E-state index contributed by atoms with van der Waals surface area (Å²) in [5.41, 5.74) is 4.65. The first-order valence-corrected chi connectivity index (χ1v) is 9.81. The van der Waals surface area contributed by atoms with E-state index in [1.165, 1.54) is 11.3 Å². The summed E-state index contributed by atoms with van der Waals surface area (Å²) in [4.78, 5) is 17.8. The smallest absolute Gasteiger partial charge is 0.266 e. The Labute approximate surface area is 168 Å². The number of pyridine rings is 1. The molecule has 0 bridgehead atoms. The number of thiophene rings is 1. The molecule has 0 spiro atoms. The Kier molecular flexibility index (Phi) is 5.41. The van der Waals surface area contributed by atoms with Crippen molar-refractivity contribution in [2.24, 2.45) is 0 Å². The lowest BCUT2D eigenvalue weighted by atomic mass is 10.1.